The van der Waals surface area contributed by atoms with Crippen LogP contribution in [0.1, 0.15) is 4.88 Å². The van der Waals surface area contributed by atoms with E-state index in [0.717, 1.165) is 8.66 Å². The maximum Gasteiger partial charge on any atom is 0.152 e. The molecule has 0 saturated heterocycles. The number of sulfone groups is 1. The van der Waals surface area contributed by atoms with Gasteiger partial charge in [0.15, 0.2) is 9.84 Å². The van der Waals surface area contributed by atoms with Crippen molar-refractivity contribution in [1.82, 2.24) is 0 Å². The van der Waals surface area contributed by atoms with Gasteiger partial charge in [-0.2, -0.15) is 0 Å². The first-order valence-electron chi connectivity index (χ1n) is 2.89. The van der Waals surface area contributed by atoms with E-state index in [9.17, 15) is 8.42 Å². The Morgan fingerprint density at radius 1 is 1.55 bits per heavy atom. The Balaban J connectivity index is 2.81. The summed E-state index contributed by atoms with van der Waals surface area (Å²) in [6.07, 6.45) is 1.24. The molecule has 0 N–H and O–H groups in total. The lowest BCUT2D eigenvalue weighted by molar-refractivity contribution is 0.601. The summed E-state index contributed by atoms with van der Waals surface area (Å²) >= 11 is 4.72. The van der Waals surface area contributed by atoms with Gasteiger partial charge in [0.2, 0.25) is 0 Å². The second-order valence-electron chi connectivity index (χ2n) is 2.28. The highest BCUT2D eigenvalue weighted by Crippen LogP contribution is 2.23. The van der Waals surface area contributed by atoms with Crippen LogP contribution in [0.2, 0.25) is 0 Å². The molecule has 1 aromatic heterocycles. The Hall–Kier alpha value is 0.130. The third kappa shape index (κ3) is 3.35. The number of thiophene rings is 1. The van der Waals surface area contributed by atoms with E-state index in [1.54, 1.807) is 0 Å². The molecule has 0 atom stereocenters. The first-order valence-corrected chi connectivity index (χ1v) is 6.56. The first kappa shape index (κ1) is 9.22. The van der Waals surface area contributed by atoms with E-state index in [4.69, 9.17) is 0 Å². The zero-order valence-electron chi connectivity index (χ0n) is 5.87. The molecule has 0 unspecified atom stereocenters. The van der Waals surface area contributed by atoms with E-state index in [0.29, 0.717) is 0 Å². The van der Waals surface area contributed by atoms with Crippen molar-refractivity contribution in [2.45, 2.75) is 5.75 Å². The molecular formula is C6H7BrO2S2. The summed E-state index contributed by atoms with van der Waals surface area (Å²) < 4.78 is 22.6. The number of halogens is 1. The Morgan fingerprint density at radius 3 is 2.55 bits per heavy atom. The summed E-state index contributed by atoms with van der Waals surface area (Å²) in [4.78, 5) is 0.874. The van der Waals surface area contributed by atoms with Crippen LogP contribution in [0.4, 0.5) is 0 Å². The van der Waals surface area contributed by atoms with Crippen LogP contribution in [0.25, 0.3) is 0 Å². The van der Waals surface area contributed by atoms with Crippen LogP contribution in [-0.2, 0) is 15.6 Å². The molecule has 0 amide bonds. The molecule has 1 heterocycles. The van der Waals surface area contributed by atoms with Gasteiger partial charge in [-0.3, -0.25) is 0 Å². The van der Waals surface area contributed by atoms with Crippen molar-refractivity contribution in [2.24, 2.45) is 0 Å². The fourth-order valence-corrected chi connectivity index (χ4v) is 3.46. The molecule has 0 aliphatic heterocycles. The van der Waals surface area contributed by atoms with Crippen molar-refractivity contribution in [3.05, 3.63) is 20.8 Å². The fourth-order valence-electron chi connectivity index (χ4n) is 0.688. The molecule has 1 aromatic rings. The van der Waals surface area contributed by atoms with Crippen molar-refractivity contribution < 1.29 is 8.42 Å². The van der Waals surface area contributed by atoms with E-state index in [1.165, 1.54) is 17.6 Å². The zero-order chi connectivity index (χ0) is 8.48. The van der Waals surface area contributed by atoms with Crippen molar-refractivity contribution >= 4 is 37.1 Å². The SMILES string of the molecule is CS(=O)(=O)Cc1ccc(Br)s1. The van der Waals surface area contributed by atoms with Gasteiger partial charge in [0.25, 0.3) is 0 Å². The molecule has 0 bridgehead atoms. The maximum atomic E-state index is 10.8. The third-order valence-corrected chi connectivity index (χ3v) is 3.68. The smallest absolute Gasteiger partial charge is 0.152 e. The van der Waals surface area contributed by atoms with Crippen LogP contribution in [0, 0.1) is 0 Å². The number of rotatable bonds is 2. The van der Waals surface area contributed by atoms with Gasteiger partial charge in [0, 0.05) is 11.1 Å². The fraction of sp³-hybridized carbons (Fsp3) is 0.333. The van der Waals surface area contributed by atoms with Gasteiger partial charge < -0.3 is 0 Å². The second-order valence-corrected chi connectivity index (χ2v) is 6.96. The number of hydrogen-bond donors (Lipinski definition) is 0. The van der Waals surface area contributed by atoms with E-state index in [1.807, 2.05) is 12.1 Å². The third-order valence-electron chi connectivity index (χ3n) is 1.03. The summed E-state index contributed by atoms with van der Waals surface area (Å²) in [7, 11) is -2.87. The topological polar surface area (TPSA) is 34.1 Å². The van der Waals surface area contributed by atoms with Crippen LogP contribution in [0.5, 0.6) is 0 Å². The van der Waals surface area contributed by atoms with Gasteiger partial charge in [0.05, 0.1) is 9.54 Å². The summed E-state index contributed by atoms with van der Waals surface area (Å²) in [5, 5.41) is 0. The highest BCUT2D eigenvalue weighted by Gasteiger charge is 2.05. The van der Waals surface area contributed by atoms with Crippen LogP contribution < -0.4 is 0 Å². The lowest BCUT2D eigenvalue weighted by Crippen LogP contribution is -1.97. The Kier molecular flexibility index (Phi) is 2.72. The quantitative estimate of drug-likeness (QED) is 0.810. The van der Waals surface area contributed by atoms with Crippen molar-refractivity contribution in [3.8, 4) is 0 Å². The summed E-state index contributed by atoms with van der Waals surface area (Å²) in [5.74, 6) is 0.142. The van der Waals surface area contributed by atoms with Gasteiger partial charge in [-0.05, 0) is 28.1 Å². The van der Waals surface area contributed by atoms with Crippen LogP contribution >= 0.6 is 27.3 Å². The van der Waals surface area contributed by atoms with Crippen LogP contribution in [0.3, 0.4) is 0 Å². The second kappa shape index (κ2) is 3.25. The molecule has 2 nitrogen and oxygen atoms in total. The van der Waals surface area contributed by atoms with Gasteiger partial charge in [0.1, 0.15) is 0 Å². The summed E-state index contributed by atoms with van der Waals surface area (Å²) in [5.41, 5.74) is 0. The van der Waals surface area contributed by atoms with Crippen LogP contribution in [-0.4, -0.2) is 14.7 Å². The lowest BCUT2D eigenvalue weighted by Gasteiger charge is -1.91. The van der Waals surface area contributed by atoms with Crippen LogP contribution in [0.15, 0.2) is 15.9 Å². The molecule has 0 saturated carbocycles. The molecule has 0 spiro atoms. The van der Waals surface area contributed by atoms with Gasteiger partial charge in [-0.15, -0.1) is 11.3 Å². The van der Waals surface area contributed by atoms with E-state index in [-0.39, 0.29) is 5.75 Å². The molecule has 1 rings (SSSR count). The number of hydrogen-bond acceptors (Lipinski definition) is 3. The normalized spacial score (nSPS) is 11.8. The molecule has 0 aliphatic carbocycles. The van der Waals surface area contributed by atoms with E-state index >= 15 is 0 Å². The Labute approximate surface area is 78.3 Å². The van der Waals surface area contributed by atoms with Gasteiger partial charge in [-0.1, -0.05) is 0 Å². The zero-order valence-corrected chi connectivity index (χ0v) is 9.09. The highest BCUT2D eigenvalue weighted by molar-refractivity contribution is 9.11. The van der Waals surface area contributed by atoms with E-state index < -0.39 is 9.84 Å². The minimum atomic E-state index is -2.87. The molecule has 0 radical (unpaired) electrons. The minimum absolute atomic E-state index is 0.142. The van der Waals surface area contributed by atoms with Gasteiger partial charge in [-0.25, -0.2) is 8.42 Å². The molecular weight excluding hydrogens is 248 g/mol. The highest BCUT2D eigenvalue weighted by atomic mass is 79.9. The molecule has 62 valence electrons. The predicted octanol–water partition coefficient (Wildman–Crippen LogP) is 2.06. The summed E-state index contributed by atoms with van der Waals surface area (Å²) in [6.45, 7) is 0. The predicted molar refractivity (Wildman–Crippen MR) is 50.6 cm³/mol. The largest absolute Gasteiger partial charge is 0.229 e. The lowest BCUT2D eigenvalue weighted by atomic mass is 10.5. The Morgan fingerprint density at radius 2 is 2.18 bits per heavy atom. The van der Waals surface area contributed by atoms with Crippen molar-refractivity contribution in [2.75, 3.05) is 6.26 Å². The minimum Gasteiger partial charge on any atom is -0.229 e. The molecule has 5 heteroatoms. The standard InChI is InChI=1S/C6H7BrO2S2/c1-11(8,9)4-5-2-3-6(7)10-5/h2-3H,4H2,1H3. The molecule has 0 aliphatic rings. The van der Waals surface area contributed by atoms with Crippen molar-refractivity contribution in [1.29, 1.82) is 0 Å². The maximum absolute atomic E-state index is 10.8. The molecule has 0 fully saturated rings. The average molecular weight is 255 g/mol. The average Bonchev–Trinajstić information content (AvgIpc) is 2.10. The first-order chi connectivity index (χ1) is 4.97. The van der Waals surface area contributed by atoms with E-state index in [2.05, 4.69) is 15.9 Å². The monoisotopic (exact) mass is 254 g/mol. The Bertz CT molecular complexity index is 339. The molecule has 0 aromatic carbocycles. The van der Waals surface area contributed by atoms with Gasteiger partial charge >= 0.3 is 0 Å². The summed E-state index contributed by atoms with van der Waals surface area (Å²) in [6, 6.07) is 3.67. The molecule has 11 heavy (non-hydrogen) atoms. The van der Waals surface area contributed by atoms with Crippen molar-refractivity contribution in [3.63, 3.8) is 0 Å².